The van der Waals surface area contributed by atoms with Crippen LogP contribution in [0.1, 0.15) is 17.2 Å². The molecule has 2 saturated heterocycles. The smallest absolute Gasteiger partial charge is 0.277 e. The molecule has 11 heteroatoms. The molecule has 8 nitrogen and oxygen atoms in total. The third-order valence-electron chi connectivity index (χ3n) is 5.24. The normalized spacial score (nSPS) is 22.2. The number of piperazine rings is 1. The van der Waals surface area contributed by atoms with Crippen molar-refractivity contribution in [3.63, 3.8) is 0 Å². The molecule has 2 aromatic rings. The van der Waals surface area contributed by atoms with E-state index in [-0.39, 0.29) is 29.1 Å². The highest BCUT2D eigenvalue weighted by Gasteiger charge is 2.29. The van der Waals surface area contributed by atoms with Crippen LogP contribution in [-0.4, -0.2) is 77.8 Å². The SMILES string of the molecule is O=C(CSc1nnc(CC2CCS(=O)(=O)C2)o1)N1CCN(Cc2cccs2)CC1. The Hall–Kier alpha value is -1.43. The topological polar surface area (TPSA) is 96.6 Å². The van der Waals surface area contributed by atoms with Crippen molar-refractivity contribution < 1.29 is 17.6 Å². The van der Waals surface area contributed by atoms with Crippen molar-refractivity contribution in [3.05, 3.63) is 28.3 Å². The van der Waals surface area contributed by atoms with Crippen molar-refractivity contribution in [3.8, 4) is 0 Å². The van der Waals surface area contributed by atoms with E-state index in [0.717, 1.165) is 32.7 Å². The molecule has 1 amide bonds. The zero-order valence-electron chi connectivity index (χ0n) is 16.0. The van der Waals surface area contributed by atoms with Crippen LogP contribution in [0.4, 0.5) is 0 Å². The number of carbonyl (C=O) groups is 1. The highest BCUT2D eigenvalue weighted by molar-refractivity contribution is 7.99. The molecule has 2 fully saturated rings. The Morgan fingerprint density at radius 1 is 1.28 bits per heavy atom. The van der Waals surface area contributed by atoms with E-state index in [1.807, 2.05) is 4.90 Å². The van der Waals surface area contributed by atoms with E-state index in [0.29, 0.717) is 24.0 Å². The Bertz CT molecular complexity index is 921. The fourth-order valence-corrected chi connectivity index (χ4v) is 6.94. The number of amides is 1. The second kappa shape index (κ2) is 9.15. The van der Waals surface area contributed by atoms with Gasteiger partial charge in [-0.15, -0.1) is 21.5 Å². The lowest BCUT2D eigenvalue weighted by molar-refractivity contribution is -0.130. The van der Waals surface area contributed by atoms with Gasteiger partial charge < -0.3 is 9.32 Å². The van der Waals surface area contributed by atoms with Crippen LogP contribution in [0, 0.1) is 5.92 Å². The fraction of sp³-hybridized carbons (Fsp3) is 0.611. The maximum atomic E-state index is 12.5. The van der Waals surface area contributed by atoms with Crippen LogP contribution in [0.2, 0.25) is 0 Å². The molecular formula is C18H24N4O4S3. The minimum atomic E-state index is -2.91. The minimum absolute atomic E-state index is 0.0467. The highest BCUT2D eigenvalue weighted by atomic mass is 32.2. The van der Waals surface area contributed by atoms with Crippen molar-refractivity contribution in [2.75, 3.05) is 43.4 Å². The van der Waals surface area contributed by atoms with Crippen LogP contribution >= 0.6 is 23.1 Å². The first kappa shape index (κ1) is 20.8. The molecule has 4 rings (SSSR count). The lowest BCUT2D eigenvalue weighted by atomic mass is 10.1. The monoisotopic (exact) mass is 456 g/mol. The van der Waals surface area contributed by atoms with E-state index in [1.54, 1.807) is 11.3 Å². The Morgan fingerprint density at radius 2 is 2.10 bits per heavy atom. The average molecular weight is 457 g/mol. The molecule has 1 atom stereocenters. The van der Waals surface area contributed by atoms with Gasteiger partial charge in [0, 0.05) is 44.0 Å². The predicted octanol–water partition coefficient (Wildman–Crippen LogP) is 1.54. The van der Waals surface area contributed by atoms with Crippen LogP contribution in [0.3, 0.4) is 0 Å². The molecule has 0 bridgehead atoms. The molecule has 158 valence electrons. The summed E-state index contributed by atoms with van der Waals surface area (Å²) in [5.41, 5.74) is 0. The molecule has 0 aromatic carbocycles. The van der Waals surface area contributed by atoms with Gasteiger partial charge in [0.05, 0.1) is 17.3 Å². The summed E-state index contributed by atoms with van der Waals surface area (Å²) in [6, 6.07) is 4.21. The van der Waals surface area contributed by atoms with Crippen LogP contribution in [0.15, 0.2) is 27.2 Å². The molecule has 0 saturated carbocycles. The second-order valence-electron chi connectivity index (χ2n) is 7.46. The third-order valence-corrected chi connectivity index (χ3v) is 8.74. The van der Waals surface area contributed by atoms with Gasteiger partial charge in [0.15, 0.2) is 9.84 Å². The molecule has 0 spiro atoms. The number of thiophene rings is 1. The van der Waals surface area contributed by atoms with Gasteiger partial charge in [-0.05, 0) is 23.8 Å². The zero-order valence-corrected chi connectivity index (χ0v) is 18.5. The number of carbonyl (C=O) groups excluding carboxylic acids is 1. The molecule has 4 heterocycles. The molecule has 2 aliphatic rings. The van der Waals surface area contributed by atoms with Crippen LogP contribution in [0.5, 0.6) is 0 Å². The first-order chi connectivity index (χ1) is 14.0. The van der Waals surface area contributed by atoms with Crippen molar-refractivity contribution in [2.45, 2.75) is 24.6 Å². The van der Waals surface area contributed by atoms with Gasteiger partial charge in [0.25, 0.3) is 5.22 Å². The number of nitrogens with zero attached hydrogens (tertiary/aromatic N) is 4. The predicted molar refractivity (Wildman–Crippen MR) is 112 cm³/mol. The maximum absolute atomic E-state index is 12.5. The van der Waals surface area contributed by atoms with Gasteiger partial charge in [-0.25, -0.2) is 8.42 Å². The molecule has 0 N–H and O–H groups in total. The first-order valence-electron chi connectivity index (χ1n) is 9.65. The van der Waals surface area contributed by atoms with Crippen LogP contribution in [0.25, 0.3) is 0 Å². The van der Waals surface area contributed by atoms with Crippen molar-refractivity contribution >= 4 is 38.8 Å². The Kier molecular flexibility index (Phi) is 6.57. The molecule has 29 heavy (non-hydrogen) atoms. The van der Waals surface area contributed by atoms with Gasteiger partial charge >= 0.3 is 0 Å². The van der Waals surface area contributed by atoms with E-state index in [1.165, 1.54) is 16.6 Å². The summed E-state index contributed by atoms with van der Waals surface area (Å²) >= 11 is 3.01. The van der Waals surface area contributed by atoms with Crippen molar-refractivity contribution in [1.29, 1.82) is 0 Å². The van der Waals surface area contributed by atoms with Gasteiger partial charge in [-0.2, -0.15) is 0 Å². The van der Waals surface area contributed by atoms with Gasteiger partial charge in [-0.1, -0.05) is 17.8 Å². The Morgan fingerprint density at radius 3 is 2.79 bits per heavy atom. The molecule has 1 unspecified atom stereocenters. The summed E-state index contributed by atoms with van der Waals surface area (Å²) in [5, 5.41) is 10.4. The number of hydrogen-bond donors (Lipinski definition) is 0. The molecule has 0 aliphatic carbocycles. The maximum Gasteiger partial charge on any atom is 0.277 e. The summed E-state index contributed by atoms with van der Waals surface area (Å²) < 4.78 is 28.7. The molecule has 2 aromatic heterocycles. The third kappa shape index (κ3) is 5.80. The van der Waals surface area contributed by atoms with E-state index < -0.39 is 9.84 Å². The Labute approximate surface area is 178 Å². The van der Waals surface area contributed by atoms with E-state index in [4.69, 9.17) is 4.42 Å². The average Bonchev–Trinajstić information content (AvgIpc) is 3.43. The summed E-state index contributed by atoms with van der Waals surface area (Å²) in [5.74, 6) is 1.27. The van der Waals surface area contributed by atoms with E-state index in [2.05, 4.69) is 32.6 Å². The molecular weight excluding hydrogens is 432 g/mol. The van der Waals surface area contributed by atoms with Crippen LogP contribution in [-0.2, 0) is 27.6 Å². The lowest BCUT2D eigenvalue weighted by Crippen LogP contribution is -2.48. The largest absolute Gasteiger partial charge is 0.416 e. The lowest BCUT2D eigenvalue weighted by Gasteiger charge is -2.34. The Balaban J connectivity index is 1.19. The fourth-order valence-electron chi connectivity index (χ4n) is 3.65. The standard InChI is InChI=1S/C18H24N4O4S3/c23-17(22-6-4-21(5-7-22)11-15-2-1-8-27-15)12-28-18-20-19-16(26-18)10-14-3-9-29(24,25)13-14/h1-2,8,14H,3-7,9-13H2. The van der Waals surface area contributed by atoms with Gasteiger partial charge in [-0.3, -0.25) is 9.69 Å². The number of hydrogen-bond acceptors (Lipinski definition) is 9. The summed E-state index contributed by atoms with van der Waals surface area (Å²) in [4.78, 5) is 18.1. The number of sulfone groups is 1. The first-order valence-corrected chi connectivity index (χ1v) is 13.3. The second-order valence-corrected chi connectivity index (χ2v) is 11.6. The molecule has 0 radical (unpaired) electrons. The minimum Gasteiger partial charge on any atom is -0.416 e. The van der Waals surface area contributed by atoms with Gasteiger partial charge in [0.2, 0.25) is 11.8 Å². The number of thioether (sulfide) groups is 1. The van der Waals surface area contributed by atoms with Gasteiger partial charge in [0.1, 0.15) is 0 Å². The molecule has 2 aliphatic heterocycles. The summed E-state index contributed by atoms with van der Waals surface area (Å²) in [7, 11) is -2.91. The summed E-state index contributed by atoms with van der Waals surface area (Å²) in [6.45, 7) is 4.17. The van der Waals surface area contributed by atoms with E-state index in [9.17, 15) is 13.2 Å². The quantitative estimate of drug-likeness (QED) is 0.579. The van der Waals surface area contributed by atoms with Crippen LogP contribution < -0.4 is 0 Å². The van der Waals surface area contributed by atoms with E-state index >= 15 is 0 Å². The zero-order chi connectivity index (χ0) is 20.3. The number of aromatic nitrogens is 2. The summed E-state index contributed by atoms with van der Waals surface area (Å²) in [6.07, 6.45) is 1.12. The highest BCUT2D eigenvalue weighted by Crippen LogP contribution is 2.24. The van der Waals surface area contributed by atoms with Crippen molar-refractivity contribution in [1.82, 2.24) is 20.0 Å². The number of rotatable bonds is 7. The van der Waals surface area contributed by atoms with Crippen molar-refractivity contribution in [2.24, 2.45) is 5.92 Å².